The van der Waals surface area contributed by atoms with Gasteiger partial charge in [0, 0.05) is 0 Å². The van der Waals surface area contributed by atoms with E-state index in [-0.39, 0.29) is 0 Å². The van der Waals surface area contributed by atoms with E-state index in [4.69, 9.17) is 4.74 Å². The maximum Gasteiger partial charge on any atom is 0.119 e. The third-order valence-electron chi connectivity index (χ3n) is 3.32. The number of unbranched alkanes of at least 4 members (excludes halogenated alkanes) is 4. The molecule has 2 heteroatoms. The van der Waals surface area contributed by atoms with Crippen molar-refractivity contribution in [1.29, 1.82) is 0 Å². The number of ether oxygens (including phenoxy) is 1. The van der Waals surface area contributed by atoms with Crippen LogP contribution in [-0.2, 0) is 0 Å². The standard InChI is InChI=1S/C17H29NO/c1-3-4-12-18-13-7-5-6-8-14-19-17-11-9-10-16(2)15-17/h9-11,15,18H,3-8,12-14H2,1-2H3/p+1. The van der Waals surface area contributed by atoms with E-state index in [0.29, 0.717) is 0 Å². The van der Waals surface area contributed by atoms with Gasteiger partial charge in [0.1, 0.15) is 5.75 Å². The average Bonchev–Trinajstić information content (AvgIpc) is 2.41. The highest BCUT2D eigenvalue weighted by atomic mass is 16.5. The van der Waals surface area contributed by atoms with Gasteiger partial charge in [0.05, 0.1) is 19.7 Å². The lowest BCUT2D eigenvalue weighted by atomic mass is 10.2. The van der Waals surface area contributed by atoms with Crippen LogP contribution in [0.3, 0.4) is 0 Å². The van der Waals surface area contributed by atoms with Gasteiger partial charge in [0.2, 0.25) is 0 Å². The van der Waals surface area contributed by atoms with Gasteiger partial charge in [-0.05, 0) is 56.7 Å². The fraction of sp³-hybridized carbons (Fsp3) is 0.647. The number of benzene rings is 1. The van der Waals surface area contributed by atoms with Crippen molar-refractivity contribution in [1.82, 2.24) is 0 Å². The summed E-state index contributed by atoms with van der Waals surface area (Å²) >= 11 is 0. The summed E-state index contributed by atoms with van der Waals surface area (Å²) in [6.07, 6.45) is 7.79. The quantitative estimate of drug-likeness (QED) is 0.610. The van der Waals surface area contributed by atoms with Crippen LogP contribution in [0, 0.1) is 6.92 Å². The van der Waals surface area contributed by atoms with Crippen molar-refractivity contribution in [2.24, 2.45) is 0 Å². The number of hydrogen-bond acceptors (Lipinski definition) is 1. The van der Waals surface area contributed by atoms with Crippen LogP contribution in [0.25, 0.3) is 0 Å². The molecule has 0 atom stereocenters. The minimum atomic E-state index is 0.850. The monoisotopic (exact) mass is 264 g/mol. The van der Waals surface area contributed by atoms with Gasteiger partial charge in [-0.2, -0.15) is 0 Å². The largest absolute Gasteiger partial charge is 0.494 e. The molecule has 0 spiro atoms. The summed E-state index contributed by atoms with van der Waals surface area (Å²) in [4.78, 5) is 0. The highest BCUT2D eigenvalue weighted by Gasteiger charge is 1.95. The van der Waals surface area contributed by atoms with Crippen LogP contribution in [0.5, 0.6) is 5.75 Å². The first-order valence-corrected chi connectivity index (χ1v) is 7.84. The van der Waals surface area contributed by atoms with Crippen LogP contribution < -0.4 is 10.1 Å². The average molecular weight is 264 g/mol. The van der Waals surface area contributed by atoms with Crippen molar-refractivity contribution in [3.63, 3.8) is 0 Å². The molecule has 2 nitrogen and oxygen atoms in total. The first-order valence-electron chi connectivity index (χ1n) is 7.84. The minimum Gasteiger partial charge on any atom is -0.494 e. The Morgan fingerprint density at radius 3 is 2.58 bits per heavy atom. The molecule has 19 heavy (non-hydrogen) atoms. The molecule has 0 aliphatic rings. The van der Waals surface area contributed by atoms with Crippen LogP contribution >= 0.6 is 0 Å². The summed E-state index contributed by atoms with van der Waals surface area (Å²) in [6.45, 7) is 7.79. The van der Waals surface area contributed by atoms with Gasteiger partial charge in [-0.15, -0.1) is 0 Å². The van der Waals surface area contributed by atoms with Gasteiger partial charge in [0.25, 0.3) is 0 Å². The third kappa shape index (κ3) is 8.66. The summed E-state index contributed by atoms with van der Waals surface area (Å²) < 4.78 is 5.74. The Balaban J connectivity index is 1.89. The zero-order chi connectivity index (χ0) is 13.8. The lowest BCUT2D eigenvalue weighted by molar-refractivity contribution is -0.655. The molecule has 0 aromatic heterocycles. The Morgan fingerprint density at radius 1 is 1.00 bits per heavy atom. The number of aryl methyl sites for hydroxylation is 1. The van der Waals surface area contributed by atoms with E-state index < -0.39 is 0 Å². The molecule has 0 amide bonds. The number of nitrogens with two attached hydrogens (primary N) is 1. The molecule has 0 radical (unpaired) electrons. The summed E-state index contributed by atoms with van der Waals surface area (Å²) in [5.74, 6) is 1.01. The zero-order valence-corrected chi connectivity index (χ0v) is 12.7. The van der Waals surface area contributed by atoms with E-state index in [9.17, 15) is 0 Å². The van der Waals surface area contributed by atoms with Gasteiger partial charge in [-0.3, -0.25) is 0 Å². The van der Waals surface area contributed by atoms with Gasteiger partial charge in [0.15, 0.2) is 0 Å². The van der Waals surface area contributed by atoms with Gasteiger partial charge >= 0.3 is 0 Å². The second-order valence-electron chi connectivity index (χ2n) is 5.30. The van der Waals surface area contributed by atoms with Crippen molar-refractivity contribution < 1.29 is 10.1 Å². The van der Waals surface area contributed by atoms with Crippen LogP contribution in [0.15, 0.2) is 24.3 Å². The highest BCUT2D eigenvalue weighted by Crippen LogP contribution is 2.12. The van der Waals surface area contributed by atoms with Crippen LogP contribution in [0.2, 0.25) is 0 Å². The molecule has 0 aliphatic carbocycles. The fourth-order valence-corrected chi connectivity index (χ4v) is 2.13. The van der Waals surface area contributed by atoms with Crippen molar-refractivity contribution in [2.75, 3.05) is 19.7 Å². The molecule has 1 aromatic rings. The second-order valence-corrected chi connectivity index (χ2v) is 5.30. The molecule has 0 unspecified atom stereocenters. The predicted octanol–water partition coefficient (Wildman–Crippen LogP) is 3.30. The smallest absolute Gasteiger partial charge is 0.119 e. The van der Waals surface area contributed by atoms with E-state index in [0.717, 1.165) is 12.4 Å². The van der Waals surface area contributed by atoms with Crippen molar-refractivity contribution >= 4 is 0 Å². The Kier molecular flexibility index (Phi) is 9.17. The summed E-state index contributed by atoms with van der Waals surface area (Å²) in [5, 5.41) is 2.45. The Hall–Kier alpha value is -1.02. The first-order chi connectivity index (χ1) is 9.33. The van der Waals surface area contributed by atoms with E-state index >= 15 is 0 Å². The van der Waals surface area contributed by atoms with Crippen molar-refractivity contribution in [3.8, 4) is 5.75 Å². The molecule has 0 saturated carbocycles. The lowest BCUT2D eigenvalue weighted by Crippen LogP contribution is -2.84. The molecule has 2 N–H and O–H groups in total. The third-order valence-corrected chi connectivity index (χ3v) is 3.32. The van der Waals surface area contributed by atoms with Gasteiger partial charge in [-0.1, -0.05) is 25.5 Å². The lowest BCUT2D eigenvalue weighted by Gasteiger charge is -2.06. The molecular formula is C17H30NO+. The number of rotatable bonds is 11. The molecule has 0 aliphatic heterocycles. The van der Waals surface area contributed by atoms with E-state index in [1.54, 1.807) is 0 Å². The maximum absolute atomic E-state index is 5.74. The SMILES string of the molecule is CCCC[NH2+]CCCCCCOc1cccc(C)c1. The van der Waals surface area contributed by atoms with Gasteiger partial charge < -0.3 is 10.1 Å². The molecular weight excluding hydrogens is 234 g/mol. The molecule has 0 fully saturated rings. The first kappa shape index (κ1) is 16.0. The van der Waals surface area contributed by atoms with Crippen LogP contribution in [0.1, 0.15) is 51.0 Å². The van der Waals surface area contributed by atoms with E-state index in [2.05, 4.69) is 37.4 Å². The molecule has 0 heterocycles. The fourth-order valence-electron chi connectivity index (χ4n) is 2.13. The maximum atomic E-state index is 5.74. The molecule has 0 saturated heterocycles. The highest BCUT2D eigenvalue weighted by molar-refractivity contribution is 5.27. The van der Waals surface area contributed by atoms with E-state index in [1.807, 2.05) is 6.07 Å². The van der Waals surface area contributed by atoms with Crippen molar-refractivity contribution in [3.05, 3.63) is 29.8 Å². The molecule has 1 aromatic carbocycles. The summed E-state index contributed by atoms with van der Waals surface area (Å²) in [7, 11) is 0. The van der Waals surface area contributed by atoms with Gasteiger partial charge in [-0.25, -0.2) is 0 Å². The Morgan fingerprint density at radius 2 is 1.79 bits per heavy atom. The summed E-state index contributed by atoms with van der Waals surface area (Å²) in [6, 6.07) is 8.29. The zero-order valence-electron chi connectivity index (χ0n) is 12.7. The van der Waals surface area contributed by atoms with Crippen molar-refractivity contribution in [2.45, 2.75) is 52.4 Å². The predicted molar refractivity (Wildman–Crippen MR) is 81.7 cm³/mol. The number of quaternary nitrogens is 1. The molecule has 108 valence electrons. The number of hydrogen-bond donors (Lipinski definition) is 1. The van der Waals surface area contributed by atoms with Crippen LogP contribution in [-0.4, -0.2) is 19.7 Å². The molecule has 0 bridgehead atoms. The van der Waals surface area contributed by atoms with Crippen LogP contribution in [0.4, 0.5) is 0 Å². The molecule has 1 rings (SSSR count). The topological polar surface area (TPSA) is 25.8 Å². The van der Waals surface area contributed by atoms with E-state index in [1.165, 1.54) is 57.2 Å². The second kappa shape index (κ2) is 10.9. The normalized spacial score (nSPS) is 10.6. The minimum absolute atomic E-state index is 0.850. The Labute approximate surface area is 118 Å². The summed E-state index contributed by atoms with van der Waals surface area (Å²) in [5.41, 5.74) is 1.26. The Bertz CT molecular complexity index is 325.